The van der Waals surface area contributed by atoms with Crippen LogP contribution in [0.2, 0.25) is 0 Å². The molecule has 1 aliphatic rings. The van der Waals surface area contributed by atoms with Gasteiger partial charge >= 0.3 is 0 Å². The Labute approximate surface area is 128 Å². The summed E-state index contributed by atoms with van der Waals surface area (Å²) < 4.78 is 7.20. The molecule has 3 rings (SSSR count). The van der Waals surface area contributed by atoms with Crippen molar-refractivity contribution in [2.45, 2.75) is 31.8 Å². The first-order chi connectivity index (χ1) is 10.8. The topological polar surface area (TPSA) is 81.9 Å². The number of hydrogen-bond donors (Lipinski definition) is 1. The molecule has 0 bridgehead atoms. The molecule has 0 unspecified atom stereocenters. The lowest BCUT2D eigenvalue weighted by atomic mass is 10.0. The van der Waals surface area contributed by atoms with Gasteiger partial charge in [0.2, 0.25) is 5.91 Å². The first kappa shape index (κ1) is 14.6. The zero-order valence-electron chi connectivity index (χ0n) is 12.3. The minimum atomic E-state index is -0.0702. The maximum absolute atomic E-state index is 11.8. The second kappa shape index (κ2) is 7.13. The molecule has 1 fully saturated rings. The van der Waals surface area contributed by atoms with Gasteiger partial charge in [-0.1, -0.05) is 0 Å². The Hall–Kier alpha value is -2.28. The van der Waals surface area contributed by atoms with Gasteiger partial charge in [0, 0.05) is 31.1 Å². The summed E-state index contributed by atoms with van der Waals surface area (Å²) in [7, 11) is 0. The molecule has 0 aromatic carbocycles. The van der Waals surface area contributed by atoms with Gasteiger partial charge in [0.15, 0.2) is 0 Å². The first-order valence-corrected chi connectivity index (χ1v) is 7.43. The van der Waals surface area contributed by atoms with Gasteiger partial charge in [-0.25, -0.2) is 15.0 Å². The van der Waals surface area contributed by atoms with E-state index < -0.39 is 0 Å². The van der Waals surface area contributed by atoms with Crippen LogP contribution in [0.4, 0.5) is 0 Å². The predicted octanol–water partition coefficient (Wildman–Crippen LogP) is 0.883. The monoisotopic (exact) mass is 301 g/mol. The molecule has 1 N–H and O–H groups in total. The molecule has 0 spiro atoms. The highest BCUT2D eigenvalue weighted by Crippen LogP contribution is 2.22. The summed E-state index contributed by atoms with van der Waals surface area (Å²) >= 11 is 0. The number of rotatable bonds is 5. The molecule has 3 heterocycles. The minimum Gasteiger partial charge on any atom is -0.381 e. The van der Waals surface area contributed by atoms with Gasteiger partial charge in [-0.15, -0.1) is 0 Å². The number of amides is 1. The van der Waals surface area contributed by atoms with Gasteiger partial charge < -0.3 is 14.6 Å². The third-order valence-corrected chi connectivity index (χ3v) is 3.61. The van der Waals surface area contributed by atoms with Crippen molar-refractivity contribution in [2.24, 2.45) is 0 Å². The van der Waals surface area contributed by atoms with Crippen molar-refractivity contribution in [3.63, 3.8) is 0 Å². The number of carbonyl (C=O) groups is 1. The van der Waals surface area contributed by atoms with E-state index in [0.717, 1.165) is 31.0 Å². The highest BCUT2D eigenvalue weighted by atomic mass is 16.5. The molecule has 0 radical (unpaired) electrons. The molecule has 7 nitrogen and oxygen atoms in total. The highest BCUT2D eigenvalue weighted by molar-refractivity contribution is 5.75. The summed E-state index contributed by atoms with van der Waals surface area (Å²) in [5.41, 5.74) is 0.814. The van der Waals surface area contributed by atoms with Crippen molar-refractivity contribution < 1.29 is 9.53 Å². The van der Waals surface area contributed by atoms with E-state index in [-0.39, 0.29) is 18.4 Å². The number of aromatic nitrogens is 4. The van der Waals surface area contributed by atoms with E-state index >= 15 is 0 Å². The van der Waals surface area contributed by atoms with Crippen molar-refractivity contribution in [3.05, 3.63) is 42.5 Å². The lowest BCUT2D eigenvalue weighted by Crippen LogP contribution is -2.27. The van der Waals surface area contributed by atoms with Gasteiger partial charge in [-0.3, -0.25) is 4.79 Å². The zero-order valence-corrected chi connectivity index (χ0v) is 12.3. The second-order valence-corrected chi connectivity index (χ2v) is 5.33. The van der Waals surface area contributed by atoms with Crippen molar-refractivity contribution in [1.82, 2.24) is 24.8 Å². The summed E-state index contributed by atoms with van der Waals surface area (Å²) in [6, 6.07) is 1.82. The maximum atomic E-state index is 11.8. The molecule has 1 aliphatic heterocycles. The van der Waals surface area contributed by atoms with Crippen LogP contribution in [0.1, 0.15) is 30.3 Å². The summed E-state index contributed by atoms with van der Waals surface area (Å²) in [6.07, 6.45) is 8.86. The van der Waals surface area contributed by atoms with Gasteiger partial charge in [0.25, 0.3) is 0 Å². The van der Waals surface area contributed by atoms with Crippen molar-refractivity contribution in [3.8, 4) is 0 Å². The maximum Gasteiger partial charge on any atom is 0.240 e. The van der Waals surface area contributed by atoms with Crippen LogP contribution in [-0.4, -0.2) is 38.6 Å². The van der Waals surface area contributed by atoms with E-state index in [2.05, 4.69) is 20.3 Å². The first-order valence-electron chi connectivity index (χ1n) is 7.43. The van der Waals surface area contributed by atoms with Crippen molar-refractivity contribution >= 4 is 5.91 Å². The van der Waals surface area contributed by atoms with E-state index in [1.165, 1.54) is 0 Å². The van der Waals surface area contributed by atoms with E-state index in [1.807, 2.05) is 6.07 Å². The average Bonchev–Trinajstić information content (AvgIpc) is 3.07. The van der Waals surface area contributed by atoms with Crippen LogP contribution in [0.5, 0.6) is 0 Å². The number of hydrogen-bond acceptors (Lipinski definition) is 5. The Balaban J connectivity index is 1.54. The fraction of sp³-hybridized carbons (Fsp3) is 0.467. The highest BCUT2D eigenvalue weighted by Gasteiger charge is 2.18. The number of ether oxygens (including phenoxy) is 1. The third-order valence-electron chi connectivity index (χ3n) is 3.61. The molecule has 0 saturated carbocycles. The molecule has 22 heavy (non-hydrogen) atoms. The Morgan fingerprint density at radius 2 is 2.41 bits per heavy atom. The molecule has 2 aromatic heterocycles. The van der Waals surface area contributed by atoms with Crippen molar-refractivity contribution in [1.29, 1.82) is 0 Å². The standard InChI is InChI=1S/C15H19N5O2/c21-14(9-20-6-5-16-11-20)18-8-13-3-4-17-15(19-13)12-2-1-7-22-10-12/h3-6,11-12H,1-2,7-10H2,(H,18,21)/t12-/m1/s1. The molecule has 1 atom stereocenters. The van der Waals surface area contributed by atoms with Crippen LogP contribution in [0.3, 0.4) is 0 Å². The van der Waals surface area contributed by atoms with Gasteiger partial charge in [-0.2, -0.15) is 0 Å². The summed E-state index contributed by atoms with van der Waals surface area (Å²) in [6.45, 7) is 2.15. The number of nitrogens with one attached hydrogen (secondary N) is 1. The molecule has 1 saturated heterocycles. The van der Waals surface area contributed by atoms with Crippen LogP contribution < -0.4 is 5.32 Å². The average molecular weight is 301 g/mol. The van der Waals surface area contributed by atoms with Crippen LogP contribution in [-0.2, 0) is 22.6 Å². The minimum absolute atomic E-state index is 0.0702. The summed E-state index contributed by atoms with van der Waals surface area (Å²) in [5, 5.41) is 2.86. The quantitative estimate of drug-likeness (QED) is 0.886. The molecular formula is C15H19N5O2. The SMILES string of the molecule is O=C(Cn1ccnc1)NCc1ccnc([C@@H]2CCCOC2)n1. The molecule has 0 aliphatic carbocycles. The zero-order chi connectivity index (χ0) is 15.2. The van der Waals surface area contributed by atoms with Crippen LogP contribution in [0.25, 0.3) is 0 Å². The smallest absolute Gasteiger partial charge is 0.240 e. The predicted molar refractivity (Wildman–Crippen MR) is 78.9 cm³/mol. The molecule has 116 valence electrons. The molecule has 2 aromatic rings. The molecular weight excluding hydrogens is 282 g/mol. The van der Waals surface area contributed by atoms with Gasteiger partial charge in [0.05, 0.1) is 25.2 Å². The summed E-state index contributed by atoms with van der Waals surface area (Å²) in [5.74, 6) is 0.996. The van der Waals surface area contributed by atoms with Crippen LogP contribution in [0.15, 0.2) is 31.0 Å². The Morgan fingerprint density at radius 3 is 3.18 bits per heavy atom. The van der Waals surface area contributed by atoms with Gasteiger partial charge in [0.1, 0.15) is 12.4 Å². The van der Waals surface area contributed by atoms with E-state index in [4.69, 9.17) is 4.74 Å². The Morgan fingerprint density at radius 1 is 1.45 bits per heavy atom. The fourth-order valence-corrected chi connectivity index (χ4v) is 2.44. The number of imidazole rings is 1. The van der Waals surface area contributed by atoms with E-state index in [9.17, 15) is 4.79 Å². The largest absolute Gasteiger partial charge is 0.381 e. The van der Waals surface area contributed by atoms with Crippen LogP contribution in [0, 0.1) is 0 Å². The Bertz CT molecular complexity index is 608. The third kappa shape index (κ3) is 3.88. The van der Waals surface area contributed by atoms with E-state index in [1.54, 1.807) is 29.5 Å². The fourth-order valence-electron chi connectivity index (χ4n) is 2.44. The van der Waals surface area contributed by atoms with Gasteiger partial charge in [-0.05, 0) is 18.9 Å². The summed E-state index contributed by atoms with van der Waals surface area (Å²) in [4.78, 5) is 24.6. The number of nitrogens with zero attached hydrogens (tertiary/aromatic N) is 4. The normalized spacial score (nSPS) is 18.1. The lowest BCUT2D eigenvalue weighted by molar-refractivity contribution is -0.121. The lowest BCUT2D eigenvalue weighted by Gasteiger charge is -2.20. The molecule has 1 amide bonds. The Kier molecular flexibility index (Phi) is 4.75. The van der Waals surface area contributed by atoms with Crippen LogP contribution >= 0.6 is 0 Å². The van der Waals surface area contributed by atoms with Crippen molar-refractivity contribution in [2.75, 3.05) is 13.2 Å². The van der Waals surface area contributed by atoms with E-state index in [0.29, 0.717) is 13.2 Å². The second-order valence-electron chi connectivity index (χ2n) is 5.33. The number of carbonyl (C=O) groups excluding carboxylic acids is 1. The molecule has 7 heteroatoms.